The van der Waals surface area contributed by atoms with Gasteiger partial charge < -0.3 is 9.80 Å². The second-order valence-corrected chi connectivity index (χ2v) is 21.4. The van der Waals surface area contributed by atoms with Gasteiger partial charge in [-0.25, -0.2) is 0 Å². The molecule has 0 unspecified atom stereocenters. The van der Waals surface area contributed by atoms with Crippen molar-refractivity contribution < 1.29 is 0 Å². The van der Waals surface area contributed by atoms with Gasteiger partial charge in [0.05, 0.1) is 11.4 Å². The Hall–Kier alpha value is -10.0. The summed E-state index contributed by atoms with van der Waals surface area (Å²) in [5.74, 6) is 0. The Labute approximate surface area is 467 Å². The Morgan fingerprint density at radius 1 is 0.250 bits per heavy atom. The average Bonchev–Trinajstić information content (AvgIpc) is 3.72. The molecule has 0 aliphatic heterocycles. The molecule has 2 aliphatic rings. The molecule has 0 fully saturated rings. The van der Waals surface area contributed by atoms with Gasteiger partial charge in [-0.2, -0.15) is 0 Å². The third-order valence-corrected chi connectivity index (χ3v) is 16.8. The number of hydrogen-bond acceptors (Lipinski definition) is 2. The minimum absolute atomic E-state index is 0.936. The highest BCUT2D eigenvalue weighted by Gasteiger charge is 2.25. The first-order valence-electron chi connectivity index (χ1n) is 28.2. The highest BCUT2D eigenvalue weighted by Crippen LogP contribution is 2.50. The van der Waals surface area contributed by atoms with Crippen molar-refractivity contribution in [1.82, 2.24) is 0 Å². The third kappa shape index (κ3) is 8.45. The van der Waals surface area contributed by atoms with Crippen LogP contribution in [0, 0.1) is 0 Å². The number of benzene rings is 13. The van der Waals surface area contributed by atoms with Crippen LogP contribution in [0.15, 0.2) is 302 Å². The van der Waals surface area contributed by atoms with Crippen LogP contribution in [0.4, 0.5) is 34.1 Å². The molecule has 0 saturated heterocycles. The standard InChI is InChI=1S/C78H56N2/c1-3-17-53(18-4-1)57-33-37-61(38-34-57)77-71-47-45-68(80(66-44-42-56-22-8-10-26-64(56)50-66)76-32-16-28-60-24-12-14-30-70(60)76)52-74(71)78(62-39-35-58(36-40-62)54-19-5-2-6-20-54)72-48-46-67(51-73(72)77)79(65-43-41-55-21-7-9-25-63(55)49-65)75-31-15-27-59-23-11-13-29-69(59)75/h1-5,7-19,21-35,37-39,41-52H,6,20,36,40H2. The number of rotatable bonds is 10. The number of hydrogen-bond donors (Lipinski definition) is 0. The smallest absolute Gasteiger partial charge is 0.0540 e. The van der Waals surface area contributed by atoms with Gasteiger partial charge in [-0.15, -0.1) is 0 Å². The van der Waals surface area contributed by atoms with Gasteiger partial charge in [-0.3, -0.25) is 0 Å². The van der Waals surface area contributed by atoms with Crippen LogP contribution in [0.3, 0.4) is 0 Å². The highest BCUT2D eigenvalue weighted by molar-refractivity contribution is 6.21. The summed E-state index contributed by atoms with van der Waals surface area (Å²) in [6.45, 7) is 0. The van der Waals surface area contributed by atoms with E-state index in [0.29, 0.717) is 0 Å². The lowest BCUT2D eigenvalue weighted by atomic mass is 9.81. The minimum atomic E-state index is 0.936. The lowest BCUT2D eigenvalue weighted by molar-refractivity contribution is 0.906. The highest BCUT2D eigenvalue weighted by atomic mass is 15.1. The Bertz CT molecular complexity index is 4700. The molecule has 2 heteroatoms. The summed E-state index contributed by atoms with van der Waals surface area (Å²) < 4.78 is 0. The van der Waals surface area contributed by atoms with Crippen molar-refractivity contribution in [2.45, 2.75) is 25.7 Å². The predicted molar refractivity (Wildman–Crippen MR) is 343 cm³/mol. The van der Waals surface area contributed by atoms with E-state index in [-0.39, 0.29) is 0 Å². The molecule has 0 spiro atoms. The van der Waals surface area contributed by atoms with E-state index in [1.165, 1.54) is 109 Å². The van der Waals surface area contributed by atoms with E-state index in [9.17, 15) is 0 Å². The lowest BCUT2D eigenvalue weighted by Crippen LogP contribution is -2.11. The van der Waals surface area contributed by atoms with Crippen LogP contribution in [0.1, 0.15) is 31.2 Å². The van der Waals surface area contributed by atoms with Crippen molar-refractivity contribution >= 4 is 104 Å². The summed E-state index contributed by atoms with van der Waals surface area (Å²) in [6.07, 6.45) is 15.8. The molecule has 15 rings (SSSR count). The van der Waals surface area contributed by atoms with Crippen LogP contribution in [0.2, 0.25) is 0 Å². The van der Waals surface area contributed by atoms with E-state index in [1.54, 1.807) is 0 Å². The zero-order valence-electron chi connectivity index (χ0n) is 44.4. The van der Waals surface area contributed by atoms with E-state index in [2.05, 4.69) is 301 Å². The van der Waals surface area contributed by atoms with E-state index >= 15 is 0 Å². The van der Waals surface area contributed by atoms with Gasteiger partial charge in [0.25, 0.3) is 0 Å². The monoisotopic (exact) mass is 1020 g/mol. The summed E-state index contributed by atoms with van der Waals surface area (Å²) in [5, 5.41) is 14.6. The Morgan fingerprint density at radius 2 is 0.688 bits per heavy atom. The molecular formula is C78H56N2. The summed E-state index contributed by atoms with van der Waals surface area (Å²) in [7, 11) is 0. The first kappa shape index (κ1) is 47.2. The van der Waals surface area contributed by atoms with Gasteiger partial charge in [0.1, 0.15) is 0 Å². The predicted octanol–water partition coefficient (Wildman–Crippen LogP) is 22.3. The first-order chi connectivity index (χ1) is 39.7. The van der Waals surface area contributed by atoms with Crippen LogP contribution in [0.5, 0.6) is 0 Å². The van der Waals surface area contributed by atoms with Crippen molar-refractivity contribution in [2.75, 3.05) is 9.80 Å². The molecule has 80 heavy (non-hydrogen) atoms. The molecule has 0 atom stereocenters. The van der Waals surface area contributed by atoms with Gasteiger partial charge in [0.15, 0.2) is 0 Å². The second kappa shape index (κ2) is 20.1. The summed E-state index contributed by atoms with van der Waals surface area (Å²) >= 11 is 0. The van der Waals surface area contributed by atoms with Crippen LogP contribution in [-0.4, -0.2) is 0 Å². The lowest BCUT2D eigenvalue weighted by Gasteiger charge is -2.30. The summed E-state index contributed by atoms with van der Waals surface area (Å²) in [4.78, 5) is 4.97. The van der Waals surface area contributed by atoms with Crippen molar-refractivity contribution in [3.8, 4) is 22.3 Å². The Kier molecular flexibility index (Phi) is 11.9. The van der Waals surface area contributed by atoms with Gasteiger partial charge in [-0.1, -0.05) is 231 Å². The maximum atomic E-state index is 2.50. The maximum absolute atomic E-state index is 2.50. The molecule has 0 aromatic heterocycles. The van der Waals surface area contributed by atoms with E-state index < -0.39 is 0 Å². The molecule has 13 aromatic rings. The number of nitrogens with zero attached hydrogens (tertiary/aromatic N) is 2. The molecule has 2 aliphatic carbocycles. The topological polar surface area (TPSA) is 6.48 Å². The first-order valence-corrected chi connectivity index (χ1v) is 28.2. The van der Waals surface area contributed by atoms with Gasteiger partial charge in [0, 0.05) is 33.5 Å². The molecule has 0 heterocycles. The number of fused-ring (bicyclic) bond motifs is 6. The fraction of sp³-hybridized carbons (Fsp3) is 0.0513. The van der Waals surface area contributed by atoms with Gasteiger partial charge >= 0.3 is 0 Å². The average molecular weight is 1020 g/mol. The van der Waals surface area contributed by atoms with E-state index in [0.717, 1.165) is 59.8 Å². The zero-order chi connectivity index (χ0) is 52.9. The van der Waals surface area contributed by atoms with E-state index in [4.69, 9.17) is 0 Å². The SMILES string of the molecule is C1=CCCC(C2=CC=C(c3c4cc(N(c5ccc6ccccc6c5)c5cccc6ccccc56)ccc4c(-c4ccc(-c5ccccc5)cc4)c4cc(N(c5ccc6ccccc6c5)c5cccc6ccccc56)ccc34)CC2)=C1. The van der Waals surface area contributed by atoms with Crippen LogP contribution in [0.25, 0.3) is 92.5 Å². The molecule has 378 valence electrons. The normalized spacial score (nSPS) is 13.5. The zero-order valence-corrected chi connectivity index (χ0v) is 44.4. The van der Waals surface area contributed by atoms with E-state index in [1.807, 2.05) is 0 Å². The molecule has 0 radical (unpaired) electrons. The fourth-order valence-electron chi connectivity index (χ4n) is 12.9. The molecular weight excluding hydrogens is 965 g/mol. The van der Waals surface area contributed by atoms with Gasteiger partial charge in [-0.05, 0) is 185 Å². The molecule has 0 saturated carbocycles. The Morgan fingerprint density at radius 3 is 1.25 bits per heavy atom. The molecule has 0 amide bonds. The van der Waals surface area contributed by atoms with Crippen LogP contribution >= 0.6 is 0 Å². The van der Waals surface area contributed by atoms with Crippen molar-refractivity contribution in [1.29, 1.82) is 0 Å². The molecule has 0 bridgehead atoms. The largest absolute Gasteiger partial charge is 0.310 e. The molecule has 13 aromatic carbocycles. The van der Waals surface area contributed by atoms with Gasteiger partial charge in [0.2, 0.25) is 0 Å². The number of allylic oxidation sites excluding steroid dienone is 8. The van der Waals surface area contributed by atoms with Crippen molar-refractivity contribution in [3.63, 3.8) is 0 Å². The van der Waals surface area contributed by atoms with Crippen LogP contribution < -0.4 is 9.80 Å². The third-order valence-electron chi connectivity index (χ3n) is 16.8. The minimum Gasteiger partial charge on any atom is -0.310 e. The maximum Gasteiger partial charge on any atom is 0.0540 e. The fourth-order valence-corrected chi connectivity index (χ4v) is 12.9. The van der Waals surface area contributed by atoms with Crippen LogP contribution in [-0.2, 0) is 0 Å². The van der Waals surface area contributed by atoms with Crippen molar-refractivity contribution in [3.05, 3.63) is 308 Å². The Balaban J connectivity index is 1.03. The second-order valence-electron chi connectivity index (χ2n) is 21.4. The van der Waals surface area contributed by atoms with Crippen molar-refractivity contribution in [2.24, 2.45) is 0 Å². The number of anilines is 6. The summed E-state index contributed by atoms with van der Waals surface area (Å²) in [6, 6.07) is 96.9. The quantitative estimate of drug-likeness (QED) is 0.126. The molecule has 0 N–H and O–H groups in total. The molecule has 2 nitrogen and oxygen atoms in total. The summed E-state index contributed by atoms with van der Waals surface area (Å²) in [5.41, 5.74) is 17.1.